The molecule has 140 valence electrons. The van der Waals surface area contributed by atoms with E-state index in [2.05, 4.69) is 23.3 Å². The number of hydrogen-bond acceptors (Lipinski definition) is 5. The van der Waals surface area contributed by atoms with Crippen LogP contribution in [0.5, 0.6) is 11.5 Å². The van der Waals surface area contributed by atoms with Crippen molar-refractivity contribution in [1.82, 2.24) is 4.98 Å². The molecule has 1 unspecified atom stereocenters. The molecule has 2 aliphatic heterocycles. The van der Waals surface area contributed by atoms with Gasteiger partial charge in [-0.3, -0.25) is 9.78 Å². The van der Waals surface area contributed by atoms with Crippen molar-refractivity contribution in [2.45, 2.75) is 19.4 Å². The van der Waals surface area contributed by atoms with Crippen molar-refractivity contribution in [1.29, 1.82) is 0 Å². The molecule has 1 aromatic heterocycles. The fraction of sp³-hybridized carbons (Fsp3) is 0.182. The molecule has 0 aliphatic carbocycles. The lowest BCUT2D eigenvalue weighted by molar-refractivity contribution is 0.0981. The van der Waals surface area contributed by atoms with Crippen molar-refractivity contribution in [2.75, 3.05) is 17.0 Å². The van der Waals surface area contributed by atoms with Gasteiger partial charge in [0.25, 0.3) is 5.91 Å². The van der Waals surface area contributed by atoms with Gasteiger partial charge < -0.3 is 19.7 Å². The van der Waals surface area contributed by atoms with Crippen molar-refractivity contribution in [2.24, 2.45) is 0 Å². The second-order valence-electron chi connectivity index (χ2n) is 7.01. The van der Waals surface area contributed by atoms with E-state index in [0.29, 0.717) is 11.3 Å². The molecule has 1 N–H and O–H groups in total. The van der Waals surface area contributed by atoms with Gasteiger partial charge >= 0.3 is 0 Å². The molecule has 0 spiro atoms. The highest BCUT2D eigenvalue weighted by molar-refractivity contribution is 6.08. The SMILES string of the molecule is CC1Cc2ccccc2N1C(=O)c1cncc(Nc2ccc3c(c2)OCO3)c1. The number of carbonyl (C=O) groups excluding carboxylic acids is 1. The van der Waals surface area contributed by atoms with Crippen molar-refractivity contribution < 1.29 is 14.3 Å². The maximum absolute atomic E-state index is 13.2. The van der Waals surface area contributed by atoms with Gasteiger partial charge in [0.05, 0.1) is 17.4 Å². The van der Waals surface area contributed by atoms with Gasteiger partial charge in [-0.15, -0.1) is 0 Å². The molecule has 3 aromatic rings. The van der Waals surface area contributed by atoms with E-state index in [1.54, 1.807) is 12.4 Å². The minimum atomic E-state index is -0.0423. The molecule has 0 saturated carbocycles. The van der Waals surface area contributed by atoms with E-state index >= 15 is 0 Å². The van der Waals surface area contributed by atoms with Crippen LogP contribution in [0.1, 0.15) is 22.8 Å². The molecule has 1 atom stereocenters. The number of pyridine rings is 1. The quantitative estimate of drug-likeness (QED) is 0.747. The summed E-state index contributed by atoms with van der Waals surface area (Å²) in [7, 11) is 0. The number of para-hydroxylation sites is 1. The predicted octanol–water partition coefficient (Wildman–Crippen LogP) is 4.15. The first kappa shape index (κ1) is 16.6. The Morgan fingerprint density at radius 1 is 1.07 bits per heavy atom. The normalized spacial score (nSPS) is 16.8. The van der Waals surface area contributed by atoms with Crippen LogP contribution in [0.25, 0.3) is 0 Å². The van der Waals surface area contributed by atoms with E-state index in [1.807, 2.05) is 47.4 Å². The minimum Gasteiger partial charge on any atom is -0.454 e. The van der Waals surface area contributed by atoms with Gasteiger partial charge in [-0.05, 0) is 43.2 Å². The first-order valence-corrected chi connectivity index (χ1v) is 9.22. The third-order valence-electron chi connectivity index (χ3n) is 5.07. The monoisotopic (exact) mass is 373 g/mol. The minimum absolute atomic E-state index is 0.0423. The van der Waals surface area contributed by atoms with E-state index in [-0.39, 0.29) is 18.7 Å². The number of ether oxygens (including phenoxy) is 2. The number of amides is 1. The molecule has 0 saturated heterocycles. The maximum Gasteiger partial charge on any atom is 0.260 e. The highest BCUT2D eigenvalue weighted by Gasteiger charge is 2.31. The summed E-state index contributed by atoms with van der Waals surface area (Å²) in [5.74, 6) is 1.39. The summed E-state index contributed by atoms with van der Waals surface area (Å²) in [5, 5.41) is 3.28. The molecule has 0 bridgehead atoms. The van der Waals surface area contributed by atoms with Crippen LogP contribution in [0.4, 0.5) is 17.1 Å². The number of fused-ring (bicyclic) bond motifs is 2. The Balaban J connectivity index is 1.41. The Hall–Kier alpha value is -3.54. The highest BCUT2D eigenvalue weighted by Crippen LogP contribution is 2.36. The summed E-state index contributed by atoms with van der Waals surface area (Å²) in [6.07, 6.45) is 4.17. The van der Waals surface area contributed by atoms with Crippen LogP contribution in [0.15, 0.2) is 60.9 Å². The zero-order valence-corrected chi connectivity index (χ0v) is 15.4. The molecule has 6 nitrogen and oxygen atoms in total. The Morgan fingerprint density at radius 3 is 2.86 bits per heavy atom. The average Bonchev–Trinajstić information content (AvgIpc) is 3.30. The van der Waals surface area contributed by atoms with E-state index < -0.39 is 0 Å². The number of aromatic nitrogens is 1. The summed E-state index contributed by atoms with van der Waals surface area (Å²) >= 11 is 0. The standard InChI is InChI=1S/C22H19N3O3/c1-14-8-15-4-2-3-5-19(15)25(14)22(26)16-9-18(12-23-11-16)24-17-6-7-20-21(10-17)28-13-27-20/h2-7,9-12,14,24H,8,13H2,1H3. The molecular weight excluding hydrogens is 354 g/mol. The van der Waals surface area contributed by atoms with Crippen LogP contribution < -0.4 is 19.7 Å². The predicted molar refractivity (Wildman–Crippen MR) is 107 cm³/mol. The van der Waals surface area contributed by atoms with Gasteiger partial charge in [0.2, 0.25) is 6.79 Å². The molecule has 1 amide bonds. The van der Waals surface area contributed by atoms with E-state index in [4.69, 9.17) is 9.47 Å². The molecule has 0 fully saturated rings. The van der Waals surface area contributed by atoms with E-state index in [1.165, 1.54) is 5.56 Å². The zero-order chi connectivity index (χ0) is 19.1. The zero-order valence-electron chi connectivity index (χ0n) is 15.4. The maximum atomic E-state index is 13.2. The van der Waals surface area contributed by atoms with Crippen molar-refractivity contribution in [3.8, 4) is 11.5 Å². The van der Waals surface area contributed by atoms with Gasteiger partial charge in [-0.25, -0.2) is 0 Å². The number of rotatable bonds is 3. The van der Waals surface area contributed by atoms with Gasteiger partial charge in [-0.2, -0.15) is 0 Å². The fourth-order valence-electron chi connectivity index (χ4n) is 3.78. The molecular formula is C22H19N3O3. The number of carbonyl (C=O) groups is 1. The van der Waals surface area contributed by atoms with Crippen LogP contribution >= 0.6 is 0 Å². The topological polar surface area (TPSA) is 63.7 Å². The third kappa shape index (κ3) is 2.83. The summed E-state index contributed by atoms with van der Waals surface area (Å²) in [4.78, 5) is 19.3. The van der Waals surface area contributed by atoms with Gasteiger partial charge in [-0.1, -0.05) is 18.2 Å². The fourth-order valence-corrected chi connectivity index (χ4v) is 3.78. The second-order valence-corrected chi connectivity index (χ2v) is 7.01. The Kier molecular flexibility index (Phi) is 3.90. The van der Waals surface area contributed by atoms with Gasteiger partial charge in [0.1, 0.15) is 0 Å². The number of hydrogen-bond donors (Lipinski definition) is 1. The lowest BCUT2D eigenvalue weighted by Crippen LogP contribution is -2.35. The van der Waals surface area contributed by atoms with Crippen molar-refractivity contribution in [3.63, 3.8) is 0 Å². The molecule has 6 heteroatoms. The van der Waals surface area contributed by atoms with Crippen LogP contribution in [0.2, 0.25) is 0 Å². The first-order chi connectivity index (χ1) is 13.7. The smallest absolute Gasteiger partial charge is 0.260 e. The Bertz CT molecular complexity index is 1070. The molecule has 0 radical (unpaired) electrons. The molecule has 3 heterocycles. The summed E-state index contributed by atoms with van der Waals surface area (Å²) in [6, 6.07) is 15.6. The van der Waals surface area contributed by atoms with Crippen LogP contribution in [0, 0.1) is 0 Å². The molecule has 28 heavy (non-hydrogen) atoms. The molecule has 2 aliphatic rings. The van der Waals surface area contributed by atoms with Crippen LogP contribution in [-0.2, 0) is 6.42 Å². The Morgan fingerprint density at radius 2 is 1.93 bits per heavy atom. The van der Waals surface area contributed by atoms with E-state index in [0.717, 1.165) is 29.2 Å². The number of nitrogens with zero attached hydrogens (tertiary/aromatic N) is 2. The highest BCUT2D eigenvalue weighted by atomic mass is 16.7. The van der Waals surface area contributed by atoms with Crippen LogP contribution in [-0.4, -0.2) is 23.7 Å². The second kappa shape index (κ2) is 6.56. The largest absolute Gasteiger partial charge is 0.454 e. The van der Waals surface area contributed by atoms with Gasteiger partial charge in [0.15, 0.2) is 11.5 Å². The number of anilines is 3. The lowest BCUT2D eigenvalue weighted by atomic mass is 10.1. The third-order valence-corrected chi connectivity index (χ3v) is 5.07. The van der Waals surface area contributed by atoms with Crippen LogP contribution in [0.3, 0.4) is 0 Å². The number of benzene rings is 2. The lowest BCUT2D eigenvalue weighted by Gasteiger charge is -2.23. The average molecular weight is 373 g/mol. The summed E-state index contributed by atoms with van der Waals surface area (Å²) in [6.45, 7) is 2.31. The summed E-state index contributed by atoms with van der Waals surface area (Å²) in [5.41, 5.74) is 4.31. The number of nitrogens with one attached hydrogen (secondary N) is 1. The first-order valence-electron chi connectivity index (χ1n) is 9.22. The molecule has 2 aromatic carbocycles. The Labute approximate surface area is 162 Å². The molecule has 5 rings (SSSR count). The van der Waals surface area contributed by atoms with Crippen molar-refractivity contribution >= 4 is 23.0 Å². The van der Waals surface area contributed by atoms with Crippen molar-refractivity contribution in [3.05, 3.63) is 72.1 Å². The van der Waals surface area contributed by atoms with Gasteiger partial charge in [0, 0.05) is 29.7 Å². The summed E-state index contributed by atoms with van der Waals surface area (Å²) < 4.78 is 10.8. The van der Waals surface area contributed by atoms with E-state index in [9.17, 15) is 4.79 Å².